The minimum atomic E-state index is -0.242. The van der Waals surface area contributed by atoms with Crippen molar-refractivity contribution in [1.82, 2.24) is 5.32 Å². The Morgan fingerprint density at radius 3 is 2.43 bits per heavy atom. The summed E-state index contributed by atoms with van der Waals surface area (Å²) >= 11 is 0. The van der Waals surface area contributed by atoms with E-state index in [0.29, 0.717) is 5.41 Å². The van der Waals surface area contributed by atoms with E-state index in [1.807, 2.05) is 45.1 Å². The van der Waals surface area contributed by atoms with Crippen molar-refractivity contribution in [3.8, 4) is 0 Å². The van der Waals surface area contributed by atoms with Crippen LogP contribution in [-0.2, 0) is 0 Å². The molecule has 2 nitrogen and oxygen atoms in total. The quantitative estimate of drug-likeness (QED) is 0.393. The molecule has 0 atom stereocenters. The zero-order chi connectivity index (χ0) is 20.6. The van der Waals surface area contributed by atoms with Crippen LogP contribution in [0.4, 0.5) is 4.39 Å². The molecule has 28 heavy (non-hydrogen) atoms. The van der Waals surface area contributed by atoms with Crippen molar-refractivity contribution in [2.24, 2.45) is 10.4 Å². The molecule has 0 heterocycles. The lowest BCUT2D eigenvalue weighted by atomic mass is 9.89. The topological polar surface area (TPSA) is 24.4 Å². The second kappa shape index (κ2) is 10.2. The van der Waals surface area contributed by atoms with Gasteiger partial charge in [-0.2, -0.15) is 0 Å². The molecule has 1 aliphatic carbocycles. The summed E-state index contributed by atoms with van der Waals surface area (Å²) in [5.74, 6) is -0.242. The normalized spacial score (nSPS) is 18.0. The minimum absolute atomic E-state index is 0.242. The molecule has 1 saturated carbocycles. The van der Waals surface area contributed by atoms with E-state index in [9.17, 15) is 4.39 Å². The van der Waals surface area contributed by atoms with Gasteiger partial charge in [0.1, 0.15) is 5.82 Å². The van der Waals surface area contributed by atoms with E-state index < -0.39 is 0 Å². The molecule has 0 radical (unpaired) electrons. The van der Waals surface area contributed by atoms with E-state index in [4.69, 9.17) is 4.99 Å². The fraction of sp³-hybridized carbons (Fsp3) is 0.400. The van der Waals surface area contributed by atoms with Crippen molar-refractivity contribution in [1.29, 1.82) is 0 Å². The number of nitrogens with zero attached hydrogens (tertiary/aromatic N) is 1. The molecule has 2 rings (SSSR count). The van der Waals surface area contributed by atoms with E-state index >= 15 is 0 Å². The molecular weight excluding hydrogens is 347 g/mol. The molecular formula is C25H33FN2. The maximum Gasteiger partial charge on any atom is 0.123 e. The highest BCUT2D eigenvalue weighted by Crippen LogP contribution is 2.37. The standard InChI is InChI=1S/C25H33FN2/c1-6-7-8-11-19(2)24(21(4)27-18-25(5)16-9-10-17-25)28-20(3)22-12-14-23(26)15-13-22/h6-8,11-15,27H,4,9-10,16-18H2,1-3,5H3/b7-6-,11-8-,24-19+,28-20?. The van der Waals surface area contributed by atoms with Crippen molar-refractivity contribution in [2.45, 2.75) is 53.4 Å². The lowest BCUT2D eigenvalue weighted by Crippen LogP contribution is -2.29. The highest BCUT2D eigenvalue weighted by molar-refractivity contribution is 5.99. The molecule has 1 aromatic carbocycles. The van der Waals surface area contributed by atoms with Gasteiger partial charge in [-0.05, 0) is 62.3 Å². The third kappa shape index (κ3) is 6.33. The summed E-state index contributed by atoms with van der Waals surface area (Å²) in [6, 6.07) is 6.44. The van der Waals surface area contributed by atoms with Gasteiger partial charge in [0.05, 0.1) is 11.4 Å². The third-order valence-corrected chi connectivity index (χ3v) is 5.39. The molecule has 1 N–H and O–H groups in total. The van der Waals surface area contributed by atoms with Crippen LogP contribution >= 0.6 is 0 Å². The first-order valence-corrected chi connectivity index (χ1v) is 10.1. The van der Waals surface area contributed by atoms with Crippen molar-refractivity contribution >= 4 is 5.71 Å². The summed E-state index contributed by atoms with van der Waals surface area (Å²) in [6.45, 7) is 13.5. The molecule has 0 saturated heterocycles. The monoisotopic (exact) mass is 380 g/mol. The first-order chi connectivity index (χ1) is 13.3. The Hall–Kier alpha value is -2.42. The molecule has 0 aromatic heterocycles. The average molecular weight is 381 g/mol. The highest BCUT2D eigenvalue weighted by atomic mass is 19.1. The number of allylic oxidation sites excluding steroid dienone is 5. The lowest BCUT2D eigenvalue weighted by molar-refractivity contribution is 0.328. The molecule has 1 fully saturated rings. The van der Waals surface area contributed by atoms with Crippen LogP contribution < -0.4 is 5.32 Å². The van der Waals surface area contributed by atoms with Gasteiger partial charge >= 0.3 is 0 Å². The summed E-state index contributed by atoms with van der Waals surface area (Å²) in [4.78, 5) is 4.86. The van der Waals surface area contributed by atoms with Gasteiger partial charge in [-0.15, -0.1) is 0 Å². The summed E-state index contributed by atoms with van der Waals surface area (Å²) < 4.78 is 13.2. The second-order valence-corrected chi connectivity index (χ2v) is 7.97. The Balaban J connectivity index is 2.27. The minimum Gasteiger partial charge on any atom is -0.383 e. The van der Waals surface area contributed by atoms with Gasteiger partial charge in [0.15, 0.2) is 0 Å². The highest BCUT2D eigenvalue weighted by Gasteiger charge is 2.28. The van der Waals surface area contributed by atoms with Crippen LogP contribution in [-0.4, -0.2) is 12.3 Å². The first-order valence-electron chi connectivity index (χ1n) is 10.1. The fourth-order valence-electron chi connectivity index (χ4n) is 3.52. The van der Waals surface area contributed by atoms with Crippen molar-refractivity contribution < 1.29 is 4.39 Å². The molecule has 0 amide bonds. The predicted molar refractivity (Wildman–Crippen MR) is 119 cm³/mol. The lowest BCUT2D eigenvalue weighted by Gasteiger charge is -2.25. The van der Waals surface area contributed by atoms with Crippen LogP contribution in [0.2, 0.25) is 0 Å². The SMILES string of the molecule is C=C(NCC1(C)CCCC1)\C(N=C(C)c1ccc(F)cc1)=C(C)/C=C\C=C/C. The van der Waals surface area contributed by atoms with Crippen LogP contribution in [0.5, 0.6) is 0 Å². The number of hydrogen-bond acceptors (Lipinski definition) is 2. The van der Waals surface area contributed by atoms with Crippen LogP contribution in [0.25, 0.3) is 0 Å². The molecule has 0 unspecified atom stereocenters. The summed E-state index contributed by atoms with van der Waals surface area (Å²) in [5, 5.41) is 3.53. The molecule has 0 aliphatic heterocycles. The van der Waals surface area contributed by atoms with Crippen LogP contribution in [0.3, 0.4) is 0 Å². The van der Waals surface area contributed by atoms with E-state index in [2.05, 4.69) is 18.8 Å². The van der Waals surface area contributed by atoms with Crippen LogP contribution in [0, 0.1) is 11.2 Å². The maximum absolute atomic E-state index is 13.2. The van der Waals surface area contributed by atoms with E-state index in [-0.39, 0.29) is 5.82 Å². The van der Waals surface area contributed by atoms with Crippen molar-refractivity contribution in [3.63, 3.8) is 0 Å². The molecule has 0 bridgehead atoms. The van der Waals surface area contributed by atoms with Crippen molar-refractivity contribution in [3.05, 3.63) is 83.5 Å². The number of benzene rings is 1. The maximum atomic E-state index is 13.2. The Bertz CT molecular complexity index is 788. The summed E-state index contributed by atoms with van der Waals surface area (Å²) in [7, 11) is 0. The third-order valence-electron chi connectivity index (χ3n) is 5.39. The summed E-state index contributed by atoms with van der Waals surface area (Å²) in [5.41, 5.74) is 4.77. The summed E-state index contributed by atoms with van der Waals surface area (Å²) in [6.07, 6.45) is 13.2. The van der Waals surface area contributed by atoms with E-state index in [1.165, 1.54) is 37.8 Å². The van der Waals surface area contributed by atoms with Gasteiger partial charge < -0.3 is 5.32 Å². The molecule has 150 valence electrons. The zero-order valence-electron chi connectivity index (χ0n) is 17.7. The Labute approximate surface area is 169 Å². The van der Waals surface area contributed by atoms with Crippen molar-refractivity contribution in [2.75, 3.05) is 6.54 Å². The van der Waals surface area contributed by atoms with Crippen LogP contribution in [0.1, 0.15) is 58.9 Å². The number of aliphatic imine (C=N–C) groups is 1. The Morgan fingerprint density at radius 2 is 1.82 bits per heavy atom. The van der Waals surface area contributed by atoms with Gasteiger partial charge in [-0.3, -0.25) is 4.99 Å². The number of halogens is 1. The average Bonchev–Trinajstić information content (AvgIpc) is 3.11. The Kier molecular flexibility index (Phi) is 7.98. The van der Waals surface area contributed by atoms with Crippen LogP contribution in [0.15, 0.2) is 77.1 Å². The van der Waals surface area contributed by atoms with Gasteiger partial charge in [0, 0.05) is 12.3 Å². The molecule has 3 heteroatoms. The fourth-order valence-corrected chi connectivity index (χ4v) is 3.52. The number of hydrogen-bond donors (Lipinski definition) is 1. The number of nitrogens with one attached hydrogen (secondary N) is 1. The van der Waals surface area contributed by atoms with E-state index in [1.54, 1.807) is 12.1 Å². The molecule has 1 aromatic rings. The zero-order valence-corrected chi connectivity index (χ0v) is 17.7. The van der Waals surface area contributed by atoms with Gasteiger partial charge in [0.25, 0.3) is 0 Å². The van der Waals surface area contributed by atoms with E-state index in [0.717, 1.165) is 34.8 Å². The van der Waals surface area contributed by atoms with Gasteiger partial charge in [0.2, 0.25) is 0 Å². The second-order valence-electron chi connectivity index (χ2n) is 7.97. The number of rotatable bonds is 8. The largest absolute Gasteiger partial charge is 0.383 e. The predicted octanol–water partition coefficient (Wildman–Crippen LogP) is 6.72. The molecule has 1 aliphatic rings. The van der Waals surface area contributed by atoms with Gasteiger partial charge in [-0.25, -0.2) is 4.39 Å². The van der Waals surface area contributed by atoms with Gasteiger partial charge in [-0.1, -0.05) is 62.8 Å². The first kappa shape index (κ1) is 21.9. The smallest absolute Gasteiger partial charge is 0.123 e. The Morgan fingerprint density at radius 1 is 1.18 bits per heavy atom. The molecule has 0 spiro atoms.